The van der Waals surface area contributed by atoms with Gasteiger partial charge in [0, 0.05) is 29.2 Å². The number of hydrogen-bond donors (Lipinski definition) is 3. The Morgan fingerprint density at radius 1 is 1.61 bits per heavy atom. The summed E-state index contributed by atoms with van der Waals surface area (Å²) in [5.74, 6) is -0.840. The zero-order valence-corrected chi connectivity index (χ0v) is 10.9. The Morgan fingerprint density at radius 2 is 2.28 bits per heavy atom. The van der Waals surface area contributed by atoms with Gasteiger partial charge in [-0.25, -0.2) is 0 Å². The number of amides is 1. The SMILES string of the molecule is NC(=O)C(O)CNCc1ccc(Br)cc1[N+](=O)[O-]. The first-order valence-electron chi connectivity index (χ1n) is 5.02. The third-order valence-electron chi connectivity index (χ3n) is 2.23. The van der Waals surface area contributed by atoms with E-state index in [1.54, 1.807) is 12.1 Å². The molecule has 0 fully saturated rings. The van der Waals surface area contributed by atoms with Crippen LogP contribution in [-0.4, -0.2) is 28.6 Å². The van der Waals surface area contributed by atoms with E-state index in [-0.39, 0.29) is 18.8 Å². The van der Waals surface area contributed by atoms with Crippen LogP contribution in [0.15, 0.2) is 22.7 Å². The van der Waals surface area contributed by atoms with E-state index in [0.717, 1.165) is 0 Å². The minimum absolute atomic E-state index is 0.0366. The lowest BCUT2D eigenvalue weighted by molar-refractivity contribution is -0.385. The van der Waals surface area contributed by atoms with Gasteiger partial charge in [-0.1, -0.05) is 15.9 Å². The largest absolute Gasteiger partial charge is 0.382 e. The summed E-state index contributed by atoms with van der Waals surface area (Å²) in [7, 11) is 0. The fourth-order valence-electron chi connectivity index (χ4n) is 1.30. The maximum absolute atomic E-state index is 10.8. The second-order valence-corrected chi connectivity index (χ2v) is 4.49. The number of nitrogens with zero attached hydrogens (tertiary/aromatic N) is 1. The molecule has 8 heteroatoms. The van der Waals surface area contributed by atoms with Gasteiger partial charge in [0.2, 0.25) is 5.91 Å². The van der Waals surface area contributed by atoms with Gasteiger partial charge in [0.25, 0.3) is 5.69 Å². The first-order chi connectivity index (χ1) is 8.41. The molecule has 0 radical (unpaired) electrons. The number of benzene rings is 1. The molecule has 0 aliphatic carbocycles. The second-order valence-electron chi connectivity index (χ2n) is 3.58. The van der Waals surface area contributed by atoms with Crippen molar-refractivity contribution in [2.24, 2.45) is 5.73 Å². The predicted molar refractivity (Wildman–Crippen MR) is 67.7 cm³/mol. The maximum atomic E-state index is 10.8. The number of nitro groups is 1. The van der Waals surface area contributed by atoms with Gasteiger partial charge in [0.05, 0.1) is 4.92 Å². The summed E-state index contributed by atoms with van der Waals surface area (Å²) in [6, 6.07) is 4.65. The molecule has 0 heterocycles. The molecule has 1 rings (SSSR count). The van der Waals surface area contributed by atoms with E-state index in [4.69, 9.17) is 10.8 Å². The molecular weight excluding hydrogens is 306 g/mol. The fraction of sp³-hybridized carbons (Fsp3) is 0.300. The number of nitrogens with two attached hydrogens (primary N) is 1. The van der Waals surface area contributed by atoms with Gasteiger partial charge in [0.1, 0.15) is 6.10 Å². The van der Waals surface area contributed by atoms with Crippen LogP contribution in [0.4, 0.5) is 5.69 Å². The standard InChI is InChI=1S/C10H12BrN3O4/c11-7-2-1-6(8(3-7)14(17)18)4-13-5-9(15)10(12)16/h1-3,9,13,15H,4-5H2,(H2,12,16). The zero-order valence-electron chi connectivity index (χ0n) is 9.30. The third kappa shape index (κ3) is 4.06. The molecule has 0 saturated heterocycles. The molecule has 1 atom stereocenters. The number of aliphatic hydroxyl groups excluding tert-OH is 1. The lowest BCUT2D eigenvalue weighted by Crippen LogP contribution is -2.37. The molecule has 0 saturated carbocycles. The number of primary amides is 1. The molecule has 98 valence electrons. The Hall–Kier alpha value is -1.51. The van der Waals surface area contributed by atoms with Crippen molar-refractivity contribution < 1.29 is 14.8 Å². The van der Waals surface area contributed by atoms with Gasteiger partial charge >= 0.3 is 0 Å². The fourth-order valence-corrected chi connectivity index (χ4v) is 1.65. The third-order valence-corrected chi connectivity index (χ3v) is 2.72. The zero-order chi connectivity index (χ0) is 13.7. The summed E-state index contributed by atoms with van der Waals surface area (Å²) in [5, 5.41) is 22.7. The molecule has 7 nitrogen and oxygen atoms in total. The summed E-state index contributed by atoms with van der Waals surface area (Å²) in [6.07, 6.45) is -1.31. The number of carbonyl (C=O) groups excluding carboxylic acids is 1. The van der Waals surface area contributed by atoms with Crippen LogP contribution in [0.3, 0.4) is 0 Å². The van der Waals surface area contributed by atoms with Gasteiger partial charge in [-0.2, -0.15) is 0 Å². The maximum Gasteiger partial charge on any atom is 0.275 e. The number of hydrogen-bond acceptors (Lipinski definition) is 5. The lowest BCUT2D eigenvalue weighted by Gasteiger charge is -2.08. The van der Waals surface area contributed by atoms with E-state index >= 15 is 0 Å². The Labute approximate surface area is 111 Å². The number of aliphatic hydroxyl groups is 1. The van der Waals surface area contributed by atoms with Crippen molar-refractivity contribution in [2.45, 2.75) is 12.6 Å². The normalized spacial score (nSPS) is 12.1. The number of nitrogens with one attached hydrogen (secondary N) is 1. The van der Waals surface area contributed by atoms with E-state index in [0.29, 0.717) is 10.0 Å². The van der Waals surface area contributed by atoms with Crippen molar-refractivity contribution in [1.82, 2.24) is 5.32 Å². The van der Waals surface area contributed by atoms with Crippen molar-refractivity contribution in [3.63, 3.8) is 0 Å². The highest BCUT2D eigenvalue weighted by atomic mass is 79.9. The van der Waals surface area contributed by atoms with Crippen LogP contribution < -0.4 is 11.1 Å². The van der Waals surface area contributed by atoms with Crippen molar-refractivity contribution >= 4 is 27.5 Å². The first kappa shape index (κ1) is 14.6. The Balaban J connectivity index is 2.67. The molecule has 1 amide bonds. The average molecular weight is 318 g/mol. The minimum atomic E-state index is -1.31. The number of carbonyl (C=O) groups is 1. The van der Waals surface area contributed by atoms with Gasteiger partial charge in [-0.05, 0) is 12.1 Å². The Kier molecular flexibility index (Phi) is 5.20. The number of halogens is 1. The quantitative estimate of drug-likeness (QED) is 0.515. The summed E-state index contributed by atoms with van der Waals surface area (Å²) in [6.45, 7) is 0.108. The van der Waals surface area contributed by atoms with Gasteiger partial charge in [-0.15, -0.1) is 0 Å². The molecule has 1 unspecified atom stereocenters. The van der Waals surface area contributed by atoms with E-state index in [2.05, 4.69) is 21.2 Å². The molecule has 1 aromatic rings. The average Bonchev–Trinajstić information content (AvgIpc) is 2.30. The lowest BCUT2D eigenvalue weighted by atomic mass is 10.2. The van der Waals surface area contributed by atoms with E-state index < -0.39 is 16.9 Å². The topological polar surface area (TPSA) is 118 Å². The predicted octanol–water partition coefficient (Wildman–Crippen LogP) is 0.293. The summed E-state index contributed by atoms with van der Waals surface area (Å²) >= 11 is 3.15. The number of nitro benzene ring substituents is 1. The van der Waals surface area contributed by atoms with Crippen molar-refractivity contribution in [3.05, 3.63) is 38.3 Å². The van der Waals surface area contributed by atoms with E-state index in [9.17, 15) is 14.9 Å². The van der Waals surface area contributed by atoms with Crippen LogP contribution in [0.5, 0.6) is 0 Å². The highest BCUT2D eigenvalue weighted by Gasteiger charge is 2.15. The smallest absolute Gasteiger partial charge is 0.275 e. The van der Waals surface area contributed by atoms with Crippen molar-refractivity contribution in [2.75, 3.05) is 6.54 Å². The van der Waals surface area contributed by atoms with E-state index in [1.807, 2.05) is 0 Å². The summed E-state index contributed by atoms with van der Waals surface area (Å²) < 4.78 is 0.607. The summed E-state index contributed by atoms with van der Waals surface area (Å²) in [4.78, 5) is 20.9. The molecule has 0 bridgehead atoms. The van der Waals surface area contributed by atoms with Crippen LogP contribution in [0.2, 0.25) is 0 Å². The minimum Gasteiger partial charge on any atom is -0.382 e. The molecule has 0 aliphatic rings. The van der Waals surface area contributed by atoms with Crippen LogP contribution in [0, 0.1) is 10.1 Å². The second kappa shape index (κ2) is 6.43. The Morgan fingerprint density at radius 3 is 2.83 bits per heavy atom. The first-order valence-corrected chi connectivity index (χ1v) is 5.82. The molecule has 1 aromatic carbocycles. The van der Waals surface area contributed by atoms with Crippen LogP contribution in [0.1, 0.15) is 5.56 Å². The molecule has 18 heavy (non-hydrogen) atoms. The number of rotatable bonds is 6. The van der Waals surface area contributed by atoms with Crippen LogP contribution in [-0.2, 0) is 11.3 Å². The van der Waals surface area contributed by atoms with Crippen molar-refractivity contribution in [1.29, 1.82) is 0 Å². The van der Waals surface area contributed by atoms with Crippen molar-refractivity contribution in [3.8, 4) is 0 Å². The monoisotopic (exact) mass is 317 g/mol. The summed E-state index contributed by atoms with van der Waals surface area (Å²) in [5.41, 5.74) is 5.29. The Bertz CT molecular complexity index is 466. The van der Waals surface area contributed by atoms with Gasteiger partial charge < -0.3 is 16.2 Å². The van der Waals surface area contributed by atoms with E-state index in [1.165, 1.54) is 6.07 Å². The molecular formula is C10H12BrN3O4. The molecule has 0 aromatic heterocycles. The van der Waals surface area contributed by atoms with Crippen LogP contribution >= 0.6 is 15.9 Å². The highest BCUT2D eigenvalue weighted by molar-refractivity contribution is 9.10. The van der Waals surface area contributed by atoms with Gasteiger partial charge in [0.15, 0.2) is 0 Å². The van der Waals surface area contributed by atoms with Crippen LogP contribution in [0.25, 0.3) is 0 Å². The van der Waals surface area contributed by atoms with Gasteiger partial charge in [-0.3, -0.25) is 14.9 Å². The molecule has 0 spiro atoms. The highest BCUT2D eigenvalue weighted by Crippen LogP contribution is 2.23. The molecule has 0 aliphatic heterocycles. The molecule has 4 N–H and O–H groups in total.